The van der Waals surface area contributed by atoms with Crippen LogP contribution in [0.3, 0.4) is 0 Å². The van der Waals surface area contributed by atoms with E-state index in [9.17, 15) is 0 Å². The molecule has 3 nitrogen and oxygen atoms in total. The molecule has 1 N–H and O–H groups in total. The first-order valence-electron chi connectivity index (χ1n) is 6.95. The van der Waals surface area contributed by atoms with Gasteiger partial charge in [-0.15, -0.1) is 0 Å². The Bertz CT molecular complexity index is 350. The molecule has 1 aromatic heterocycles. The summed E-state index contributed by atoms with van der Waals surface area (Å²) in [5.41, 5.74) is 2.60. The van der Waals surface area contributed by atoms with E-state index in [1.54, 1.807) is 0 Å². The Balaban J connectivity index is 1.87. The zero-order valence-electron chi connectivity index (χ0n) is 11.4. The summed E-state index contributed by atoms with van der Waals surface area (Å²) in [6.45, 7) is 5.47. The Morgan fingerprint density at radius 3 is 2.82 bits per heavy atom. The van der Waals surface area contributed by atoms with E-state index in [4.69, 9.17) is 0 Å². The zero-order chi connectivity index (χ0) is 12.3. The number of aromatic nitrogens is 2. The minimum atomic E-state index is 0.641. The van der Waals surface area contributed by atoms with Crippen LogP contribution in [-0.4, -0.2) is 15.8 Å². The number of nitrogens with one attached hydrogen (secondary N) is 1. The summed E-state index contributed by atoms with van der Waals surface area (Å²) in [6, 6.07) is 0.641. The monoisotopic (exact) mass is 235 g/mol. The average molecular weight is 235 g/mol. The zero-order valence-corrected chi connectivity index (χ0v) is 11.4. The van der Waals surface area contributed by atoms with E-state index in [1.807, 2.05) is 11.7 Å². The van der Waals surface area contributed by atoms with Crippen LogP contribution in [0.25, 0.3) is 0 Å². The largest absolute Gasteiger partial charge is 0.310 e. The summed E-state index contributed by atoms with van der Waals surface area (Å²) in [5.74, 6) is 0.886. The molecule has 0 amide bonds. The lowest BCUT2D eigenvalue weighted by atomic mass is 9.99. The van der Waals surface area contributed by atoms with Crippen molar-refractivity contribution < 1.29 is 0 Å². The highest BCUT2D eigenvalue weighted by molar-refractivity contribution is 5.16. The molecule has 1 atom stereocenters. The standard InChI is InChI=1S/C14H25N3/c1-4-14-13(10-17(3)16-14)9-15-11(2)12-7-5-6-8-12/h10-12,15H,4-9H2,1-3H3/t11-/m0/s1. The number of hydrogen-bond acceptors (Lipinski definition) is 2. The quantitative estimate of drug-likeness (QED) is 0.850. The molecule has 0 radical (unpaired) electrons. The van der Waals surface area contributed by atoms with Crippen LogP contribution in [0.5, 0.6) is 0 Å². The normalized spacial score (nSPS) is 18.8. The third-order valence-electron chi connectivity index (χ3n) is 4.05. The number of rotatable bonds is 5. The van der Waals surface area contributed by atoms with Gasteiger partial charge < -0.3 is 5.32 Å². The molecule has 1 aromatic rings. The van der Waals surface area contributed by atoms with E-state index >= 15 is 0 Å². The molecule has 1 aliphatic carbocycles. The minimum absolute atomic E-state index is 0.641. The van der Waals surface area contributed by atoms with Crippen LogP contribution >= 0.6 is 0 Å². The van der Waals surface area contributed by atoms with Crippen molar-refractivity contribution in [3.8, 4) is 0 Å². The molecular weight excluding hydrogens is 210 g/mol. The molecule has 2 rings (SSSR count). The third kappa shape index (κ3) is 3.09. The van der Waals surface area contributed by atoms with Gasteiger partial charge in [-0.3, -0.25) is 4.68 Å². The molecule has 96 valence electrons. The van der Waals surface area contributed by atoms with E-state index in [0.29, 0.717) is 6.04 Å². The van der Waals surface area contributed by atoms with Gasteiger partial charge in [0.2, 0.25) is 0 Å². The van der Waals surface area contributed by atoms with Crippen LogP contribution in [0.2, 0.25) is 0 Å². The van der Waals surface area contributed by atoms with Gasteiger partial charge in [0.25, 0.3) is 0 Å². The first-order chi connectivity index (χ1) is 8.20. The summed E-state index contributed by atoms with van der Waals surface area (Å²) < 4.78 is 1.93. The van der Waals surface area contributed by atoms with E-state index in [1.165, 1.54) is 36.9 Å². The molecule has 0 aromatic carbocycles. The molecule has 1 aliphatic rings. The maximum Gasteiger partial charge on any atom is 0.0666 e. The lowest BCUT2D eigenvalue weighted by molar-refractivity contribution is 0.380. The number of aryl methyl sites for hydroxylation is 2. The van der Waals surface area contributed by atoms with E-state index < -0.39 is 0 Å². The fourth-order valence-electron chi connectivity index (χ4n) is 2.92. The number of nitrogens with zero attached hydrogens (tertiary/aromatic N) is 2. The minimum Gasteiger partial charge on any atom is -0.310 e. The van der Waals surface area contributed by atoms with Crippen LogP contribution in [0.15, 0.2) is 6.20 Å². The Labute approximate surface area is 105 Å². The summed E-state index contributed by atoms with van der Waals surface area (Å²) >= 11 is 0. The van der Waals surface area contributed by atoms with Crippen molar-refractivity contribution in [2.75, 3.05) is 0 Å². The smallest absolute Gasteiger partial charge is 0.0666 e. The summed E-state index contributed by atoms with van der Waals surface area (Å²) in [6.07, 6.45) is 8.82. The first kappa shape index (κ1) is 12.6. The maximum absolute atomic E-state index is 4.48. The van der Waals surface area contributed by atoms with Gasteiger partial charge in [-0.2, -0.15) is 5.10 Å². The Hall–Kier alpha value is -0.830. The maximum atomic E-state index is 4.48. The predicted octanol–water partition coefficient (Wildman–Crippen LogP) is 2.65. The van der Waals surface area contributed by atoms with Gasteiger partial charge in [-0.05, 0) is 32.1 Å². The molecule has 0 saturated heterocycles. The fraction of sp³-hybridized carbons (Fsp3) is 0.786. The first-order valence-corrected chi connectivity index (χ1v) is 6.95. The topological polar surface area (TPSA) is 29.9 Å². The van der Waals surface area contributed by atoms with Gasteiger partial charge >= 0.3 is 0 Å². The summed E-state index contributed by atoms with van der Waals surface area (Å²) in [4.78, 5) is 0. The molecule has 1 heterocycles. The highest BCUT2D eigenvalue weighted by Crippen LogP contribution is 2.27. The van der Waals surface area contributed by atoms with Crippen molar-refractivity contribution in [1.82, 2.24) is 15.1 Å². The van der Waals surface area contributed by atoms with E-state index in [2.05, 4.69) is 30.5 Å². The second-order valence-corrected chi connectivity index (χ2v) is 5.34. The van der Waals surface area contributed by atoms with Gasteiger partial charge in [0.15, 0.2) is 0 Å². The molecule has 3 heteroatoms. The van der Waals surface area contributed by atoms with Crippen molar-refractivity contribution in [3.05, 3.63) is 17.5 Å². The average Bonchev–Trinajstić information content (AvgIpc) is 2.94. The summed E-state index contributed by atoms with van der Waals surface area (Å²) in [7, 11) is 2.00. The van der Waals surface area contributed by atoms with Crippen LogP contribution in [-0.2, 0) is 20.0 Å². The van der Waals surface area contributed by atoms with Gasteiger partial charge in [0, 0.05) is 31.4 Å². The van der Waals surface area contributed by atoms with Crippen molar-refractivity contribution in [3.63, 3.8) is 0 Å². The van der Waals surface area contributed by atoms with Crippen molar-refractivity contribution >= 4 is 0 Å². The lowest BCUT2D eigenvalue weighted by Gasteiger charge is -2.20. The van der Waals surface area contributed by atoms with Crippen molar-refractivity contribution in [2.24, 2.45) is 13.0 Å². The van der Waals surface area contributed by atoms with Gasteiger partial charge in [0.05, 0.1) is 5.69 Å². The van der Waals surface area contributed by atoms with Crippen molar-refractivity contribution in [1.29, 1.82) is 0 Å². The van der Waals surface area contributed by atoms with Gasteiger partial charge in [-0.1, -0.05) is 19.8 Å². The lowest BCUT2D eigenvalue weighted by Crippen LogP contribution is -2.31. The molecule has 0 unspecified atom stereocenters. The fourth-order valence-corrected chi connectivity index (χ4v) is 2.92. The van der Waals surface area contributed by atoms with Crippen LogP contribution in [0, 0.1) is 5.92 Å². The van der Waals surface area contributed by atoms with Crippen LogP contribution in [0.1, 0.15) is 50.8 Å². The van der Waals surface area contributed by atoms with E-state index in [-0.39, 0.29) is 0 Å². The molecule has 17 heavy (non-hydrogen) atoms. The van der Waals surface area contributed by atoms with E-state index in [0.717, 1.165) is 18.9 Å². The highest BCUT2D eigenvalue weighted by atomic mass is 15.3. The summed E-state index contributed by atoms with van der Waals surface area (Å²) in [5, 5.41) is 8.16. The second kappa shape index (κ2) is 5.67. The molecule has 1 fully saturated rings. The Morgan fingerprint density at radius 2 is 2.18 bits per heavy atom. The third-order valence-corrected chi connectivity index (χ3v) is 4.05. The number of hydrogen-bond donors (Lipinski definition) is 1. The highest BCUT2D eigenvalue weighted by Gasteiger charge is 2.21. The Kier molecular flexibility index (Phi) is 4.21. The van der Waals surface area contributed by atoms with Crippen LogP contribution < -0.4 is 5.32 Å². The Morgan fingerprint density at radius 1 is 1.47 bits per heavy atom. The van der Waals surface area contributed by atoms with Crippen LogP contribution in [0.4, 0.5) is 0 Å². The molecule has 1 saturated carbocycles. The predicted molar refractivity (Wildman–Crippen MR) is 70.8 cm³/mol. The SMILES string of the molecule is CCc1nn(C)cc1CN[C@@H](C)C1CCCC1. The van der Waals surface area contributed by atoms with Gasteiger partial charge in [-0.25, -0.2) is 0 Å². The molecule has 0 bridgehead atoms. The molecule has 0 aliphatic heterocycles. The molecular formula is C14H25N3. The molecule has 0 spiro atoms. The van der Waals surface area contributed by atoms with Gasteiger partial charge in [0.1, 0.15) is 0 Å². The van der Waals surface area contributed by atoms with Crippen molar-refractivity contribution in [2.45, 2.75) is 58.5 Å². The second-order valence-electron chi connectivity index (χ2n) is 5.34.